The lowest BCUT2D eigenvalue weighted by Crippen LogP contribution is -2.28. The van der Waals surface area contributed by atoms with Gasteiger partial charge in [0.2, 0.25) is 5.91 Å². The average Bonchev–Trinajstić information content (AvgIpc) is 3.35. The van der Waals surface area contributed by atoms with Crippen molar-refractivity contribution in [3.05, 3.63) is 65.4 Å². The number of nitrogens with one attached hydrogen (secondary N) is 2. The molecule has 0 spiro atoms. The molecule has 1 unspecified atom stereocenters. The van der Waals surface area contributed by atoms with E-state index in [0.717, 1.165) is 22.0 Å². The smallest absolute Gasteiger partial charge is 0.277 e. The van der Waals surface area contributed by atoms with Crippen molar-refractivity contribution in [1.29, 1.82) is 0 Å². The molecule has 1 atom stereocenters. The highest BCUT2D eigenvalue weighted by Gasteiger charge is 2.16. The molecule has 7 heteroatoms. The van der Waals surface area contributed by atoms with Crippen LogP contribution in [0.2, 0.25) is 0 Å². The van der Waals surface area contributed by atoms with E-state index < -0.39 is 0 Å². The van der Waals surface area contributed by atoms with Gasteiger partial charge in [-0.1, -0.05) is 48.2 Å². The molecular formula is C22H22N4O2S. The highest BCUT2D eigenvalue weighted by molar-refractivity contribution is 7.99. The summed E-state index contributed by atoms with van der Waals surface area (Å²) in [6.45, 7) is 6.13. The monoisotopic (exact) mass is 406 g/mol. The fourth-order valence-corrected chi connectivity index (χ4v) is 3.73. The topological polar surface area (TPSA) is 83.8 Å². The third kappa shape index (κ3) is 4.19. The van der Waals surface area contributed by atoms with Crippen LogP contribution >= 0.6 is 11.8 Å². The van der Waals surface area contributed by atoms with Crippen LogP contribution in [0, 0.1) is 13.8 Å². The number of rotatable bonds is 6. The van der Waals surface area contributed by atoms with Crippen LogP contribution in [-0.4, -0.2) is 26.8 Å². The molecule has 2 aromatic carbocycles. The Morgan fingerprint density at radius 2 is 2.00 bits per heavy atom. The summed E-state index contributed by atoms with van der Waals surface area (Å²) in [5, 5.41) is 12.6. The summed E-state index contributed by atoms with van der Waals surface area (Å²) >= 11 is 1.23. The van der Waals surface area contributed by atoms with Gasteiger partial charge < -0.3 is 14.7 Å². The van der Waals surface area contributed by atoms with E-state index in [9.17, 15) is 4.79 Å². The number of nitrogens with zero attached hydrogens (tertiary/aromatic N) is 2. The molecule has 0 fully saturated rings. The van der Waals surface area contributed by atoms with Crippen LogP contribution in [0.5, 0.6) is 0 Å². The quantitative estimate of drug-likeness (QED) is 0.449. The lowest BCUT2D eigenvalue weighted by molar-refractivity contribution is -0.119. The number of hydrogen-bond acceptors (Lipinski definition) is 5. The zero-order valence-electron chi connectivity index (χ0n) is 16.5. The predicted octanol–water partition coefficient (Wildman–Crippen LogP) is 4.80. The van der Waals surface area contributed by atoms with Crippen LogP contribution in [0.25, 0.3) is 22.4 Å². The second-order valence-electron chi connectivity index (χ2n) is 7.04. The van der Waals surface area contributed by atoms with Gasteiger partial charge in [0.1, 0.15) is 0 Å². The molecule has 0 aliphatic heterocycles. The molecule has 2 heterocycles. The summed E-state index contributed by atoms with van der Waals surface area (Å²) in [4.78, 5) is 15.5. The molecule has 1 amide bonds. The first kappa shape index (κ1) is 19.3. The fourth-order valence-electron chi connectivity index (χ4n) is 3.15. The van der Waals surface area contributed by atoms with E-state index in [1.54, 1.807) is 0 Å². The third-order valence-corrected chi connectivity index (χ3v) is 5.78. The molecule has 6 nitrogen and oxygen atoms in total. The van der Waals surface area contributed by atoms with E-state index in [2.05, 4.69) is 46.5 Å². The van der Waals surface area contributed by atoms with Crippen molar-refractivity contribution in [2.75, 3.05) is 5.75 Å². The van der Waals surface area contributed by atoms with Crippen molar-refractivity contribution in [2.45, 2.75) is 32.0 Å². The number of carbonyl (C=O) groups is 1. The van der Waals surface area contributed by atoms with Crippen LogP contribution in [-0.2, 0) is 4.79 Å². The number of aromatic nitrogens is 3. The van der Waals surface area contributed by atoms with E-state index in [-0.39, 0.29) is 17.7 Å². The molecule has 4 aromatic rings. The number of thioether (sulfide) groups is 1. The molecule has 4 rings (SSSR count). The van der Waals surface area contributed by atoms with Gasteiger partial charge in [-0.25, -0.2) is 0 Å². The van der Waals surface area contributed by atoms with Gasteiger partial charge in [-0.05, 0) is 43.5 Å². The zero-order chi connectivity index (χ0) is 20.4. The van der Waals surface area contributed by atoms with E-state index >= 15 is 0 Å². The van der Waals surface area contributed by atoms with Crippen LogP contribution < -0.4 is 5.32 Å². The number of hydrogen-bond donors (Lipinski definition) is 2. The summed E-state index contributed by atoms with van der Waals surface area (Å²) in [5.74, 6) is 0.575. The first-order chi connectivity index (χ1) is 14.0. The second-order valence-corrected chi connectivity index (χ2v) is 7.97. The molecule has 0 aliphatic carbocycles. The largest absolute Gasteiger partial charge is 0.411 e. The molecule has 2 aromatic heterocycles. The van der Waals surface area contributed by atoms with Crippen LogP contribution in [0.4, 0.5) is 0 Å². The van der Waals surface area contributed by atoms with Gasteiger partial charge in [0, 0.05) is 17.1 Å². The molecule has 0 radical (unpaired) electrons. The highest BCUT2D eigenvalue weighted by atomic mass is 32.2. The van der Waals surface area contributed by atoms with Gasteiger partial charge in [-0.15, -0.1) is 10.2 Å². The van der Waals surface area contributed by atoms with Gasteiger partial charge in [0.15, 0.2) is 0 Å². The Morgan fingerprint density at radius 1 is 1.17 bits per heavy atom. The van der Waals surface area contributed by atoms with Crippen molar-refractivity contribution in [1.82, 2.24) is 20.5 Å². The standard InChI is InChI=1S/C22H22N4O2S/c1-13-8-9-16(10-14(13)2)15(3)24-20(27)12-29-22-26-25-21(28-22)18-11-23-19-7-5-4-6-17(18)19/h4-11,15,23H,12H2,1-3H3,(H,24,27). The number of aryl methyl sites for hydroxylation is 2. The van der Waals surface area contributed by atoms with Crippen molar-refractivity contribution in [2.24, 2.45) is 0 Å². The molecule has 29 heavy (non-hydrogen) atoms. The maximum Gasteiger partial charge on any atom is 0.277 e. The average molecular weight is 407 g/mol. The maximum absolute atomic E-state index is 12.3. The summed E-state index contributed by atoms with van der Waals surface area (Å²) in [5.41, 5.74) is 5.41. The van der Waals surface area contributed by atoms with E-state index in [1.807, 2.05) is 43.5 Å². The SMILES string of the molecule is Cc1ccc(C(C)NC(=O)CSc2nnc(-c3c[nH]c4ccccc34)o2)cc1C. The van der Waals surface area contributed by atoms with Crippen molar-refractivity contribution >= 4 is 28.6 Å². The Hall–Kier alpha value is -3.06. The molecular weight excluding hydrogens is 384 g/mol. The maximum atomic E-state index is 12.3. The first-order valence-corrected chi connectivity index (χ1v) is 10.4. The normalized spacial score (nSPS) is 12.2. The Kier molecular flexibility index (Phi) is 5.40. The van der Waals surface area contributed by atoms with Gasteiger partial charge in [-0.2, -0.15) is 0 Å². The Morgan fingerprint density at radius 3 is 2.83 bits per heavy atom. The van der Waals surface area contributed by atoms with Gasteiger partial charge >= 0.3 is 0 Å². The molecule has 2 N–H and O–H groups in total. The molecule has 0 saturated heterocycles. The van der Waals surface area contributed by atoms with Gasteiger partial charge in [0.05, 0.1) is 17.4 Å². The number of aromatic amines is 1. The van der Waals surface area contributed by atoms with Gasteiger partial charge in [-0.3, -0.25) is 4.79 Å². The van der Waals surface area contributed by atoms with E-state index in [0.29, 0.717) is 11.1 Å². The molecule has 148 valence electrons. The number of H-pyrrole nitrogens is 1. The minimum absolute atomic E-state index is 0.0631. The number of carbonyl (C=O) groups excluding carboxylic acids is 1. The Balaban J connectivity index is 1.37. The number of benzene rings is 2. The fraction of sp³-hybridized carbons (Fsp3) is 0.227. The van der Waals surface area contributed by atoms with Gasteiger partial charge in [0.25, 0.3) is 11.1 Å². The molecule has 0 saturated carbocycles. The third-order valence-electron chi connectivity index (χ3n) is 4.96. The Bertz CT molecular complexity index is 1160. The lowest BCUT2D eigenvalue weighted by atomic mass is 10.0. The van der Waals surface area contributed by atoms with Crippen LogP contribution in [0.15, 0.2) is 58.3 Å². The van der Waals surface area contributed by atoms with Crippen molar-refractivity contribution in [3.63, 3.8) is 0 Å². The van der Waals surface area contributed by atoms with Crippen LogP contribution in [0.3, 0.4) is 0 Å². The summed E-state index contributed by atoms with van der Waals surface area (Å²) in [6, 6.07) is 14.1. The van der Waals surface area contributed by atoms with Crippen molar-refractivity contribution < 1.29 is 9.21 Å². The zero-order valence-corrected chi connectivity index (χ0v) is 17.3. The summed E-state index contributed by atoms with van der Waals surface area (Å²) < 4.78 is 5.75. The number of para-hydroxylation sites is 1. The second kappa shape index (κ2) is 8.13. The van der Waals surface area contributed by atoms with Crippen LogP contribution in [0.1, 0.15) is 29.7 Å². The first-order valence-electron chi connectivity index (χ1n) is 9.40. The van der Waals surface area contributed by atoms with Crippen molar-refractivity contribution in [3.8, 4) is 11.5 Å². The molecule has 0 bridgehead atoms. The predicted molar refractivity (Wildman–Crippen MR) is 115 cm³/mol. The summed E-state index contributed by atoms with van der Waals surface area (Å²) in [6.07, 6.45) is 1.85. The minimum Gasteiger partial charge on any atom is -0.411 e. The molecule has 0 aliphatic rings. The van der Waals surface area contributed by atoms with E-state index in [1.165, 1.54) is 22.9 Å². The van der Waals surface area contributed by atoms with E-state index in [4.69, 9.17) is 4.42 Å². The number of fused-ring (bicyclic) bond motifs is 1. The number of amides is 1. The lowest BCUT2D eigenvalue weighted by Gasteiger charge is -2.15. The summed E-state index contributed by atoms with van der Waals surface area (Å²) in [7, 11) is 0. The minimum atomic E-state index is -0.0763. The highest BCUT2D eigenvalue weighted by Crippen LogP contribution is 2.29. The Labute approximate surface area is 173 Å².